The molecule has 0 unspecified atom stereocenters. The molecule has 5 nitrogen and oxygen atoms in total. The molecule has 0 atom stereocenters. The largest absolute Gasteiger partial charge is 0.494 e. The topological polar surface area (TPSA) is 56.5 Å². The van der Waals surface area contributed by atoms with E-state index < -0.39 is 0 Å². The second-order valence-corrected chi connectivity index (χ2v) is 8.70. The van der Waals surface area contributed by atoms with Gasteiger partial charge in [0, 0.05) is 5.69 Å². The van der Waals surface area contributed by atoms with Crippen molar-refractivity contribution in [3.63, 3.8) is 0 Å². The van der Waals surface area contributed by atoms with Gasteiger partial charge < -0.3 is 19.0 Å². The van der Waals surface area contributed by atoms with Crippen molar-refractivity contribution in [3.05, 3.63) is 48.0 Å². The highest BCUT2D eigenvalue weighted by Gasteiger charge is 2.51. The summed E-state index contributed by atoms with van der Waals surface area (Å²) in [5.41, 5.74) is 4.06. The van der Waals surface area contributed by atoms with Crippen LogP contribution in [0.4, 0.5) is 11.7 Å². The van der Waals surface area contributed by atoms with Crippen LogP contribution in [0.5, 0.6) is 0 Å². The van der Waals surface area contributed by atoms with E-state index in [0.29, 0.717) is 11.9 Å². The van der Waals surface area contributed by atoms with E-state index in [1.54, 1.807) is 0 Å². The average molecular weight is 378 g/mol. The first-order valence-electron chi connectivity index (χ1n) is 9.78. The molecule has 1 saturated heterocycles. The minimum Gasteiger partial charge on any atom is -0.423 e. The number of para-hydroxylation sites is 1. The summed E-state index contributed by atoms with van der Waals surface area (Å²) in [5, 5.41) is 3.25. The predicted octanol–water partition coefficient (Wildman–Crippen LogP) is 4.99. The lowest BCUT2D eigenvalue weighted by Crippen LogP contribution is -2.41. The van der Waals surface area contributed by atoms with E-state index in [2.05, 4.69) is 57.9 Å². The Morgan fingerprint density at radius 2 is 1.57 bits per heavy atom. The smallest absolute Gasteiger partial charge is 0.423 e. The quantitative estimate of drug-likeness (QED) is 0.648. The van der Waals surface area contributed by atoms with Crippen LogP contribution in [0.25, 0.3) is 11.1 Å². The van der Waals surface area contributed by atoms with Gasteiger partial charge in [0.1, 0.15) is 5.52 Å². The molecule has 146 valence electrons. The molecule has 2 aromatic carbocycles. The Bertz CT molecular complexity index is 977. The molecule has 6 heteroatoms. The van der Waals surface area contributed by atoms with Crippen molar-refractivity contribution in [1.82, 2.24) is 4.98 Å². The molecule has 0 saturated carbocycles. The Balaban J connectivity index is 1.53. The van der Waals surface area contributed by atoms with Crippen LogP contribution in [0.3, 0.4) is 0 Å². The average Bonchev–Trinajstić information content (AvgIpc) is 3.12. The first-order valence-corrected chi connectivity index (χ1v) is 9.78. The second-order valence-electron chi connectivity index (χ2n) is 8.70. The van der Waals surface area contributed by atoms with Crippen molar-refractivity contribution in [3.8, 4) is 0 Å². The van der Waals surface area contributed by atoms with E-state index in [-0.39, 0.29) is 18.3 Å². The standard InChI is InChI=1S/C22H27BN2O3/c1-14(2)17-8-7-9-18-19(17)26-20(25-18)24-16-12-10-15(11-13-16)23-27-21(3,4)22(5,6)28-23/h7-14H,1-6H3,(H,24,25). The minimum atomic E-state index is -0.364. The van der Waals surface area contributed by atoms with Gasteiger partial charge in [-0.15, -0.1) is 0 Å². The molecule has 4 rings (SSSR count). The highest BCUT2D eigenvalue weighted by Crippen LogP contribution is 2.36. The summed E-state index contributed by atoms with van der Waals surface area (Å²) in [6.45, 7) is 12.5. The summed E-state index contributed by atoms with van der Waals surface area (Å²) < 4.78 is 18.2. The van der Waals surface area contributed by atoms with Gasteiger partial charge in [0.2, 0.25) is 0 Å². The van der Waals surface area contributed by atoms with Crippen LogP contribution in [-0.4, -0.2) is 23.3 Å². The molecule has 1 aromatic heterocycles. The highest BCUT2D eigenvalue weighted by molar-refractivity contribution is 6.62. The Morgan fingerprint density at radius 1 is 0.929 bits per heavy atom. The molecule has 28 heavy (non-hydrogen) atoms. The first-order chi connectivity index (χ1) is 13.2. The summed E-state index contributed by atoms with van der Waals surface area (Å²) in [4.78, 5) is 4.56. The fourth-order valence-electron chi connectivity index (χ4n) is 3.30. The van der Waals surface area contributed by atoms with E-state index >= 15 is 0 Å². The lowest BCUT2D eigenvalue weighted by Gasteiger charge is -2.32. The monoisotopic (exact) mass is 378 g/mol. The lowest BCUT2D eigenvalue weighted by atomic mass is 9.79. The highest BCUT2D eigenvalue weighted by atomic mass is 16.7. The van der Waals surface area contributed by atoms with E-state index in [1.807, 2.05) is 36.4 Å². The SMILES string of the molecule is CC(C)c1cccc2nc(Nc3ccc(B4OC(C)(C)C(C)(C)O4)cc3)oc12. The van der Waals surface area contributed by atoms with Gasteiger partial charge in [0.05, 0.1) is 11.2 Å². The zero-order chi connectivity index (χ0) is 20.1. The van der Waals surface area contributed by atoms with Crippen molar-refractivity contribution in [2.24, 2.45) is 0 Å². The maximum absolute atomic E-state index is 6.11. The predicted molar refractivity (Wildman–Crippen MR) is 114 cm³/mol. The Labute approximate surface area is 166 Å². The number of fused-ring (bicyclic) bond motifs is 1. The van der Waals surface area contributed by atoms with Crippen molar-refractivity contribution >= 4 is 35.4 Å². The molecule has 0 aliphatic carbocycles. The zero-order valence-corrected chi connectivity index (χ0v) is 17.4. The molecular formula is C22H27BN2O3. The number of hydrogen-bond donors (Lipinski definition) is 1. The molecule has 1 fully saturated rings. The number of aromatic nitrogens is 1. The molecule has 1 N–H and O–H groups in total. The maximum atomic E-state index is 6.11. The molecular weight excluding hydrogens is 351 g/mol. The number of oxazole rings is 1. The third-order valence-electron chi connectivity index (χ3n) is 5.75. The summed E-state index contributed by atoms with van der Waals surface area (Å²) in [6, 6.07) is 14.5. The van der Waals surface area contributed by atoms with E-state index in [4.69, 9.17) is 13.7 Å². The molecule has 1 aliphatic heterocycles. The molecule has 0 bridgehead atoms. The van der Waals surface area contributed by atoms with Crippen molar-refractivity contribution < 1.29 is 13.7 Å². The molecule has 1 aliphatic rings. The van der Waals surface area contributed by atoms with Crippen LogP contribution in [0.1, 0.15) is 53.0 Å². The van der Waals surface area contributed by atoms with Crippen LogP contribution < -0.4 is 10.8 Å². The lowest BCUT2D eigenvalue weighted by molar-refractivity contribution is 0.00578. The summed E-state index contributed by atoms with van der Waals surface area (Å²) in [5.74, 6) is 0.378. The second kappa shape index (κ2) is 6.64. The summed E-state index contributed by atoms with van der Waals surface area (Å²) in [7, 11) is -0.364. The van der Waals surface area contributed by atoms with Gasteiger partial charge in [0.15, 0.2) is 5.58 Å². The molecule has 0 amide bonds. The third-order valence-corrected chi connectivity index (χ3v) is 5.75. The minimum absolute atomic E-state index is 0.346. The molecule has 2 heterocycles. The van der Waals surface area contributed by atoms with Crippen molar-refractivity contribution in [2.75, 3.05) is 5.32 Å². The number of nitrogens with one attached hydrogen (secondary N) is 1. The van der Waals surface area contributed by atoms with Gasteiger partial charge in [-0.1, -0.05) is 38.1 Å². The van der Waals surface area contributed by atoms with Gasteiger partial charge in [-0.3, -0.25) is 0 Å². The van der Waals surface area contributed by atoms with Crippen LogP contribution in [-0.2, 0) is 9.31 Å². The number of anilines is 2. The van der Waals surface area contributed by atoms with Crippen LogP contribution >= 0.6 is 0 Å². The van der Waals surface area contributed by atoms with Crippen LogP contribution in [0.2, 0.25) is 0 Å². The number of benzene rings is 2. The number of rotatable bonds is 4. The third kappa shape index (κ3) is 3.31. The van der Waals surface area contributed by atoms with Gasteiger partial charge in [-0.2, -0.15) is 4.98 Å². The van der Waals surface area contributed by atoms with E-state index in [9.17, 15) is 0 Å². The molecule has 3 aromatic rings. The molecule has 0 radical (unpaired) electrons. The van der Waals surface area contributed by atoms with E-state index in [0.717, 1.165) is 27.8 Å². The zero-order valence-electron chi connectivity index (χ0n) is 17.4. The fraction of sp³-hybridized carbons (Fsp3) is 0.409. The van der Waals surface area contributed by atoms with Crippen LogP contribution in [0.15, 0.2) is 46.9 Å². The Hall–Kier alpha value is -2.31. The Morgan fingerprint density at radius 3 is 2.18 bits per heavy atom. The summed E-state index contributed by atoms with van der Waals surface area (Å²) >= 11 is 0. The number of nitrogens with zero attached hydrogens (tertiary/aromatic N) is 1. The maximum Gasteiger partial charge on any atom is 0.494 e. The van der Waals surface area contributed by atoms with Gasteiger partial charge in [0.25, 0.3) is 6.01 Å². The van der Waals surface area contributed by atoms with Gasteiger partial charge >= 0.3 is 7.12 Å². The summed E-state index contributed by atoms with van der Waals surface area (Å²) in [6.07, 6.45) is 0. The van der Waals surface area contributed by atoms with Gasteiger partial charge in [-0.25, -0.2) is 0 Å². The normalized spacial score (nSPS) is 18.2. The van der Waals surface area contributed by atoms with Crippen LogP contribution in [0, 0.1) is 0 Å². The van der Waals surface area contributed by atoms with Crippen molar-refractivity contribution in [2.45, 2.75) is 58.7 Å². The fourth-order valence-corrected chi connectivity index (χ4v) is 3.30. The van der Waals surface area contributed by atoms with Crippen molar-refractivity contribution in [1.29, 1.82) is 0 Å². The Kier molecular flexibility index (Phi) is 4.51. The van der Waals surface area contributed by atoms with E-state index in [1.165, 1.54) is 0 Å². The number of hydrogen-bond acceptors (Lipinski definition) is 5. The molecule has 0 spiro atoms. The van der Waals surface area contributed by atoms with Gasteiger partial charge in [-0.05, 0) is 62.8 Å². The first kappa shape index (κ1) is 19.0.